The molecular weight excluding hydrogens is 333 g/mol. The molecule has 3 rings (SSSR count). The molecule has 7 heteroatoms. The van der Waals surface area contributed by atoms with E-state index in [2.05, 4.69) is 5.32 Å². The molecule has 0 atom stereocenters. The number of benzene rings is 2. The molecule has 3 N–H and O–H groups in total. The SMILES string of the molecule is Nc1cc(NC(=O)c2cc(F)cc(N3CCOCC3)c2)ccc1Cl. The number of carbonyl (C=O) groups is 1. The van der Waals surface area contributed by atoms with Gasteiger partial charge in [-0.2, -0.15) is 0 Å². The summed E-state index contributed by atoms with van der Waals surface area (Å²) in [5.41, 5.74) is 7.49. The molecule has 2 aromatic carbocycles. The van der Waals surface area contributed by atoms with Gasteiger partial charge in [-0.25, -0.2) is 4.39 Å². The molecular formula is C17H17ClFN3O2. The van der Waals surface area contributed by atoms with Crippen LogP contribution in [0.1, 0.15) is 10.4 Å². The summed E-state index contributed by atoms with van der Waals surface area (Å²) < 4.78 is 19.2. The Bertz CT molecular complexity index is 763. The number of nitrogens with zero attached hydrogens (tertiary/aromatic N) is 1. The van der Waals surface area contributed by atoms with Gasteiger partial charge >= 0.3 is 0 Å². The summed E-state index contributed by atoms with van der Waals surface area (Å²) in [6, 6.07) is 9.09. The third-order valence-corrected chi connectivity index (χ3v) is 4.12. The number of halogens is 2. The van der Waals surface area contributed by atoms with E-state index in [9.17, 15) is 9.18 Å². The smallest absolute Gasteiger partial charge is 0.255 e. The first-order valence-corrected chi connectivity index (χ1v) is 7.90. The molecule has 5 nitrogen and oxygen atoms in total. The van der Waals surface area contributed by atoms with Crippen LogP contribution >= 0.6 is 11.6 Å². The standard InChI is InChI=1S/C17H17ClFN3O2/c18-15-2-1-13(10-16(15)20)21-17(23)11-7-12(19)9-14(8-11)22-3-5-24-6-4-22/h1-2,7-10H,3-6,20H2,(H,21,23). The number of nitrogens with one attached hydrogen (secondary N) is 1. The van der Waals surface area contributed by atoms with Crippen LogP contribution in [0.5, 0.6) is 0 Å². The average Bonchev–Trinajstić information content (AvgIpc) is 2.58. The summed E-state index contributed by atoms with van der Waals surface area (Å²) in [6.07, 6.45) is 0. The Labute approximate surface area is 144 Å². The second-order valence-corrected chi connectivity index (χ2v) is 5.90. The lowest BCUT2D eigenvalue weighted by molar-refractivity contribution is 0.102. The minimum absolute atomic E-state index is 0.241. The molecule has 0 radical (unpaired) electrons. The third-order valence-electron chi connectivity index (χ3n) is 3.77. The van der Waals surface area contributed by atoms with E-state index >= 15 is 0 Å². The van der Waals surface area contributed by atoms with E-state index in [1.807, 2.05) is 4.90 Å². The summed E-state index contributed by atoms with van der Waals surface area (Å²) in [7, 11) is 0. The van der Waals surface area contributed by atoms with Gasteiger partial charge in [0.1, 0.15) is 5.82 Å². The largest absolute Gasteiger partial charge is 0.397 e. The maximum Gasteiger partial charge on any atom is 0.255 e. The summed E-state index contributed by atoms with van der Waals surface area (Å²) in [6.45, 7) is 2.50. The molecule has 1 amide bonds. The number of hydrogen-bond donors (Lipinski definition) is 2. The summed E-state index contributed by atoms with van der Waals surface area (Å²) in [5, 5.41) is 3.11. The zero-order chi connectivity index (χ0) is 17.1. The number of morpholine rings is 1. The van der Waals surface area contributed by atoms with Crippen molar-refractivity contribution in [3.8, 4) is 0 Å². The second-order valence-electron chi connectivity index (χ2n) is 5.49. The molecule has 1 aliphatic heterocycles. The van der Waals surface area contributed by atoms with E-state index < -0.39 is 11.7 Å². The summed E-state index contributed by atoms with van der Waals surface area (Å²) in [5.74, 6) is -0.870. The van der Waals surface area contributed by atoms with Gasteiger partial charge in [0.2, 0.25) is 0 Å². The number of nitrogen functional groups attached to an aromatic ring is 1. The molecule has 0 bridgehead atoms. The van der Waals surface area contributed by atoms with E-state index in [4.69, 9.17) is 22.1 Å². The zero-order valence-corrected chi connectivity index (χ0v) is 13.6. The maximum atomic E-state index is 13.9. The van der Waals surface area contributed by atoms with Gasteiger partial charge in [0, 0.05) is 30.0 Å². The van der Waals surface area contributed by atoms with E-state index in [-0.39, 0.29) is 5.56 Å². The molecule has 1 fully saturated rings. The van der Waals surface area contributed by atoms with Gasteiger partial charge in [-0.3, -0.25) is 4.79 Å². The molecule has 126 valence electrons. The highest BCUT2D eigenvalue weighted by Gasteiger charge is 2.16. The monoisotopic (exact) mass is 349 g/mol. The molecule has 2 aromatic rings. The average molecular weight is 350 g/mol. The molecule has 1 heterocycles. The minimum atomic E-state index is -0.459. The lowest BCUT2D eigenvalue weighted by Crippen LogP contribution is -2.36. The number of anilines is 3. The number of rotatable bonds is 3. The molecule has 0 saturated carbocycles. The zero-order valence-electron chi connectivity index (χ0n) is 12.9. The number of ether oxygens (including phenoxy) is 1. The quantitative estimate of drug-likeness (QED) is 0.835. The van der Waals surface area contributed by atoms with E-state index in [1.165, 1.54) is 12.1 Å². The highest BCUT2D eigenvalue weighted by Crippen LogP contribution is 2.24. The van der Waals surface area contributed by atoms with Crippen molar-refractivity contribution < 1.29 is 13.9 Å². The molecule has 1 aliphatic rings. The lowest BCUT2D eigenvalue weighted by Gasteiger charge is -2.29. The lowest BCUT2D eigenvalue weighted by atomic mass is 10.1. The van der Waals surface area contributed by atoms with Gasteiger partial charge in [0.25, 0.3) is 5.91 Å². The van der Waals surface area contributed by atoms with Crippen LogP contribution < -0.4 is 16.0 Å². The highest BCUT2D eigenvalue weighted by molar-refractivity contribution is 6.33. The number of carbonyl (C=O) groups excluding carboxylic acids is 1. The fourth-order valence-electron chi connectivity index (χ4n) is 2.53. The highest BCUT2D eigenvalue weighted by atomic mass is 35.5. The van der Waals surface area contributed by atoms with Crippen molar-refractivity contribution in [1.29, 1.82) is 0 Å². The fourth-order valence-corrected chi connectivity index (χ4v) is 2.65. The second kappa shape index (κ2) is 7.07. The van der Waals surface area contributed by atoms with Crippen molar-refractivity contribution in [1.82, 2.24) is 0 Å². The van der Waals surface area contributed by atoms with E-state index in [0.717, 1.165) is 0 Å². The Hall–Kier alpha value is -2.31. The first-order chi connectivity index (χ1) is 11.5. The van der Waals surface area contributed by atoms with Crippen LogP contribution in [0.25, 0.3) is 0 Å². The minimum Gasteiger partial charge on any atom is -0.397 e. The summed E-state index contributed by atoms with van der Waals surface area (Å²) >= 11 is 5.86. The van der Waals surface area contributed by atoms with Crippen LogP contribution in [0.2, 0.25) is 5.02 Å². The molecule has 0 aliphatic carbocycles. The van der Waals surface area contributed by atoms with Crippen molar-refractivity contribution in [2.24, 2.45) is 0 Å². The topological polar surface area (TPSA) is 67.6 Å². The molecule has 1 saturated heterocycles. The van der Waals surface area contributed by atoms with Crippen molar-refractivity contribution >= 4 is 34.6 Å². The number of hydrogen-bond acceptors (Lipinski definition) is 4. The van der Waals surface area contributed by atoms with Crippen LogP contribution in [0.4, 0.5) is 21.5 Å². The molecule has 0 spiro atoms. The van der Waals surface area contributed by atoms with E-state index in [1.54, 1.807) is 24.3 Å². The maximum absolute atomic E-state index is 13.9. The number of nitrogens with two attached hydrogens (primary N) is 1. The van der Waals surface area contributed by atoms with E-state index in [0.29, 0.717) is 48.4 Å². The fraction of sp³-hybridized carbons (Fsp3) is 0.235. The van der Waals surface area contributed by atoms with Crippen molar-refractivity contribution in [2.45, 2.75) is 0 Å². The molecule has 24 heavy (non-hydrogen) atoms. The third kappa shape index (κ3) is 3.77. The number of amides is 1. The van der Waals surface area contributed by atoms with Crippen LogP contribution in [-0.2, 0) is 4.74 Å². The van der Waals surface area contributed by atoms with Crippen LogP contribution in [0.3, 0.4) is 0 Å². The van der Waals surface area contributed by atoms with Crippen molar-refractivity contribution in [2.75, 3.05) is 42.3 Å². The first kappa shape index (κ1) is 16.5. The van der Waals surface area contributed by atoms with Gasteiger partial charge in [-0.05, 0) is 36.4 Å². The van der Waals surface area contributed by atoms with Gasteiger partial charge in [0.15, 0.2) is 0 Å². The van der Waals surface area contributed by atoms with Gasteiger partial charge in [0.05, 0.1) is 23.9 Å². The van der Waals surface area contributed by atoms with Crippen LogP contribution in [0, 0.1) is 5.82 Å². The predicted octanol–water partition coefficient (Wildman–Crippen LogP) is 3.15. The Morgan fingerprint density at radius 1 is 1.21 bits per heavy atom. The Morgan fingerprint density at radius 2 is 1.96 bits per heavy atom. The Morgan fingerprint density at radius 3 is 2.67 bits per heavy atom. The van der Waals surface area contributed by atoms with Gasteiger partial charge < -0.3 is 20.7 Å². The van der Waals surface area contributed by atoms with Crippen molar-refractivity contribution in [3.63, 3.8) is 0 Å². The predicted molar refractivity (Wildman–Crippen MR) is 93.2 cm³/mol. The van der Waals surface area contributed by atoms with Gasteiger partial charge in [-0.1, -0.05) is 11.6 Å². The van der Waals surface area contributed by atoms with Crippen molar-refractivity contribution in [3.05, 3.63) is 52.8 Å². The Kier molecular flexibility index (Phi) is 4.87. The first-order valence-electron chi connectivity index (χ1n) is 7.52. The summed E-state index contributed by atoms with van der Waals surface area (Å²) in [4.78, 5) is 14.4. The molecule has 0 aromatic heterocycles. The Balaban J connectivity index is 1.81. The molecule has 0 unspecified atom stereocenters. The normalized spacial score (nSPS) is 14.5. The van der Waals surface area contributed by atoms with Crippen LogP contribution in [-0.4, -0.2) is 32.2 Å². The van der Waals surface area contributed by atoms with Gasteiger partial charge in [-0.15, -0.1) is 0 Å². The van der Waals surface area contributed by atoms with Crippen LogP contribution in [0.15, 0.2) is 36.4 Å².